The minimum atomic E-state index is -0.240. The first-order valence-electron chi connectivity index (χ1n) is 4.62. The van der Waals surface area contributed by atoms with Gasteiger partial charge in [0.05, 0.1) is 7.11 Å². The normalized spacial score (nSPS) is 7.23. The summed E-state index contributed by atoms with van der Waals surface area (Å²) in [4.78, 5) is 0. The van der Waals surface area contributed by atoms with Gasteiger partial charge in [-0.3, -0.25) is 0 Å². The Hall–Kier alpha value is -1.05. The molecule has 0 aliphatic heterocycles. The average molecular weight is 186 g/mol. The van der Waals surface area contributed by atoms with E-state index in [1.165, 1.54) is 12.1 Å². The van der Waals surface area contributed by atoms with Crippen LogP contribution in [0.2, 0.25) is 0 Å². The average Bonchev–Trinajstić information content (AvgIpc) is 2.25. The third-order valence-electron chi connectivity index (χ3n) is 1.05. The van der Waals surface area contributed by atoms with Crippen LogP contribution in [0.25, 0.3) is 0 Å². The molecule has 0 bridgehead atoms. The second kappa shape index (κ2) is 11.0. The van der Waals surface area contributed by atoms with E-state index in [0.717, 1.165) is 0 Å². The number of methoxy groups -OCH3 is 1. The number of benzene rings is 1. The minimum absolute atomic E-state index is 0.240. The Kier molecular flexibility index (Phi) is 12.2. The molecular formula is C11H19FO. The zero-order chi connectivity index (χ0) is 10.7. The zero-order valence-electron chi connectivity index (χ0n) is 9.10. The van der Waals surface area contributed by atoms with Crippen molar-refractivity contribution in [2.45, 2.75) is 27.7 Å². The molecule has 0 atom stereocenters. The molecule has 0 N–H and O–H groups in total. The van der Waals surface area contributed by atoms with Gasteiger partial charge in [0, 0.05) is 0 Å². The zero-order valence-corrected chi connectivity index (χ0v) is 9.10. The molecule has 0 radical (unpaired) electrons. The first-order valence-corrected chi connectivity index (χ1v) is 4.62. The fourth-order valence-electron chi connectivity index (χ4n) is 0.571. The van der Waals surface area contributed by atoms with Crippen molar-refractivity contribution in [1.29, 1.82) is 0 Å². The summed E-state index contributed by atoms with van der Waals surface area (Å²) in [6, 6.07) is 5.88. The van der Waals surface area contributed by atoms with Crippen LogP contribution in [0.1, 0.15) is 27.7 Å². The van der Waals surface area contributed by atoms with E-state index in [1.54, 1.807) is 19.2 Å². The van der Waals surface area contributed by atoms with E-state index in [1.807, 2.05) is 27.7 Å². The number of hydrogen-bond acceptors (Lipinski definition) is 1. The molecule has 0 aliphatic carbocycles. The summed E-state index contributed by atoms with van der Waals surface area (Å²) in [5.41, 5.74) is 0. The lowest BCUT2D eigenvalue weighted by Crippen LogP contribution is -1.80. The summed E-state index contributed by atoms with van der Waals surface area (Å²) < 4.78 is 17.0. The van der Waals surface area contributed by atoms with Crippen LogP contribution < -0.4 is 4.74 Å². The van der Waals surface area contributed by atoms with Crippen molar-refractivity contribution in [1.82, 2.24) is 0 Å². The molecule has 0 amide bonds. The molecule has 0 aliphatic rings. The molecule has 0 saturated carbocycles. The summed E-state index contributed by atoms with van der Waals surface area (Å²) in [5, 5.41) is 0. The molecule has 0 heterocycles. The van der Waals surface area contributed by atoms with Crippen LogP contribution in [0.5, 0.6) is 5.75 Å². The fraction of sp³-hybridized carbons (Fsp3) is 0.455. The van der Waals surface area contributed by atoms with Gasteiger partial charge in [0.25, 0.3) is 0 Å². The van der Waals surface area contributed by atoms with E-state index in [2.05, 4.69) is 0 Å². The quantitative estimate of drug-likeness (QED) is 0.646. The number of rotatable bonds is 1. The highest BCUT2D eigenvalue weighted by atomic mass is 19.1. The monoisotopic (exact) mass is 186 g/mol. The summed E-state index contributed by atoms with van der Waals surface area (Å²) in [7, 11) is 1.55. The molecule has 0 unspecified atom stereocenters. The number of halogens is 1. The van der Waals surface area contributed by atoms with Crippen molar-refractivity contribution in [3.05, 3.63) is 30.1 Å². The predicted octanol–water partition coefficient (Wildman–Crippen LogP) is 3.89. The van der Waals surface area contributed by atoms with Crippen LogP contribution in [-0.4, -0.2) is 7.11 Å². The van der Waals surface area contributed by atoms with Crippen molar-refractivity contribution in [2.75, 3.05) is 7.11 Å². The van der Waals surface area contributed by atoms with Crippen LogP contribution in [0, 0.1) is 5.82 Å². The van der Waals surface area contributed by atoms with Crippen molar-refractivity contribution in [2.24, 2.45) is 0 Å². The van der Waals surface area contributed by atoms with E-state index in [9.17, 15) is 4.39 Å². The first kappa shape index (κ1) is 14.5. The molecule has 1 nitrogen and oxygen atoms in total. The molecule has 0 fully saturated rings. The largest absolute Gasteiger partial charge is 0.497 e. The van der Waals surface area contributed by atoms with Crippen LogP contribution in [0.15, 0.2) is 24.3 Å². The van der Waals surface area contributed by atoms with Gasteiger partial charge in [0.15, 0.2) is 0 Å². The maximum absolute atomic E-state index is 12.2. The van der Waals surface area contributed by atoms with Crippen molar-refractivity contribution < 1.29 is 9.13 Å². The van der Waals surface area contributed by atoms with Crippen LogP contribution >= 0.6 is 0 Å². The Morgan fingerprint density at radius 1 is 0.923 bits per heavy atom. The van der Waals surface area contributed by atoms with Gasteiger partial charge in [-0.05, 0) is 24.3 Å². The smallest absolute Gasteiger partial charge is 0.123 e. The van der Waals surface area contributed by atoms with Gasteiger partial charge in [0.2, 0.25) is 0 Å². The topological polar surface area (TPSA) is 9.23 Å². The third-order valence-corrected chi connectivity index (χ3v) is 1.05. The molecule has 0 aromatic heterocycles. The highest BCUT2D eigenvalue weighted by Crippen LogP contribution is 2.08. The van der Waals surface area contributed by atoms with Crippen LogP contribution in [-0.2, 0) is 0 Å². The van der Waals surface area contributed by atoms with Gasteiger partial charge in [-0.15, -0.1) is 0 Å². The molecule has 1 aromatic carbocycles. The first-order chi connectivity index (χ1) is 6.33. The van der Waals surface area contributed by atoms with Crippen LogP contribution in [0.4, 0.5) is 4.39 Å². The lowest BCUT2D eigenvalue weighted by atomic mass is 10.3. The second-order valence-corrected chi connectivity index (χ2v) is 1.66. The molecule has 13 heavy (non-hydrogen) atoms. The predicted molar refractivity (Wildman–Crippen MR) is 55.6 cm³/mol. The second-order valence-electron chi connectivity index (χ2n) is 1.66. The highest BCUT2D eigenvalue weighted by Gasteiger charge is 1.88. The molecular weight excluding hydrogens is 167 g/mol. The SMILES string of the molecule is CC.CC.COc1ccc(F)cc1. The van der Waals surface area contributed by atoms with Gasteiger partial charge in [-0.25, -0.2) is 4.39 Å². The lowest BCUT2D eigenvalue weighted by molar-refractivity contribution is 0.413. The minimum Gasteiger partial charge on any atom is -0.497 e. The maximum Gasteiger partial charge on any atom is 0.123 e. The van der Waals surface area contributed by atoms with Crippen LogP contribution in [0.3, 0.4) is 0 Å². The maximum atomic E-state index is 12.2. The fourth-order valence-corrected chi connectivity index (χ4v) is 0.571. The van der Waals surface area contributed by atoms with Gasteiger partial charge < -0.3 is 4.74 Å². The molecule has 0 saturated heterocycles. The molecule has 2 heteroatoms. The van der Waals surface area contributed by atoms with Gasteiger partial charge in [-0.2, -0.15) is 0 Å². The van der Waals surface area contributed by atoms with E-state index in [-0.39, 0.29) is 5.82 Å². The van der Waals surface area contributed by atoms with Crippen molar-refractivity contribution in [3.63, 3.8) is 0 Å². The van der Waals surface area contributed by atoms with E-state index in [0.29, 0.717) is 5.75 Å². The molecule has 0 spiro atoms. The Morgan fingerprint density at radius 2 is 1.31 bits per heavy atom. The molecule has 76 valence electrons. The highest BCUT2D eigenvalue weighted by molar-refractivity contribution is 5.21. The number of hydrogen-bond donors (Lipinski definition) is 0. The Labute approximate surface area is 80.5 Å². The van der Waals surface area contributed by atoms with Crippen molar-refractivity contribution >= 4 is 0 Å². The third kappa shape index (κ3) is 7.32. The van der Waals surface area contributed by atoms with E-state index < -0.39 is 0 Å². The van der Waals surface area contributed by atoms with Gasteiger partial charge in [0.1, 0.15) is 11.6 Å². The summed E-state index contributed by atoms with van der Waals surface area (Å²) in [6.07, 6.45) is 0. The Morgan fingerprint density at radius 3 is 1.62 bits per heavy atom. The number of ether oxygens (including phenoxy) is 1. The molecule has 1 aromatic rings. The standard InChI is InChI=1S/C7H7FO.2C2H6/c1-9-7-4-2-6(8)3-5-7;2*1-2/h2-5H,1H3;2*1-2H3. The van der Waals surface area contributed by atoms with E-state index in [4.69, 9.17) is 4.74 Å². The Bertz CT molecular complexity index is 182. The van der Waals surface area contributed by atoms with E-state index >= 15 is 0 Å². The molecule has 1 rings (SSSR count). The summed E-state index contributed by atoms with van der Waals surface area (Å²) in [5.74, 6) is 0.437. The summed E-state index contributed by atoms with van der Waals surface area (Å²) in [6.45, 7) is 8.00. The lowest BCUT2D eigenvalue weighted by Gasteiger charge is -1.95. The van der Waals surface area contributed by atoms with Crippen molar-refractivity contribution in [3.8, 4) is 5.75 Å². The van der Waals surface area contributed by atoms with Gasteiger partial charge >= 0.3 is 0 Å². The van der Waals surface area contributed by atoms with Gasteiger partial charge in [-0.1, -0.05) is 27.7 Å². The Balaban J connectivity index is 0. The summed E-state index contributed by atoms with van der Waals surface area (Å²) >= 11 is 0.